The van der Waals surface area contributed by atoms with Crippen molar-refractivity contribution in [2.45, 2.75) is 90.6 Å². The standard InChI is InChI=1S/C18H36N2/c1-4-8-17-9-6-7-13-20(17)15-18(3,12-5-2)14-19-16-10-11-16/h16-17,19H,4-15H2,1-3H3. The molecular weight excluding hydrogens is 244 g/mol. The van der Waals surface area contributed by atoms with E-state index in [1.807, 2.05) is 0 Å². The summed E-state index contributed by atoms with van der Waals surface area (Å²) in [6.07, 6.45) is 12.5. The van der Waals surface area contributed by atoms with Crippen LogP contribution in [0.15, 0.2) is 0 Å². The molecule has 0 bridgehead atoms. The molecule has 0 spiro atoms. The first kappa shape index (κ1) is 16.3. The van der Waals surface area contributed by atoms with Crippen LogP contribution in [-0.4, -0.2) is 36.6 Å². The Hall–Kier alpha value is -0.0800. The minimum atomic E-state index is 0.473. The van der Waals surface area contributed by atoms with Gasteiger partial charge in [0.1, 0.15) is 0 Å². The van der Waals surface area contributed by atoms with Gasteiger partial charge in [0.25, 0.3) is 0 Å². The van der Waals surface area contributed by atoms with Gasteiger partial charge in [0, 0.05) is 25.2 Å². The first-order chi connectivity index (χ1) is 9.67. The van der Waals surface area contributed by atoms with Crippen molar-refractivity contribution < 1.29 is 0 Å². The van der Waals surface area contributed by atoms with Gasteiger partial charge < -0.3 is 5.32 Å². The summed E-state index contributed by atoms with van der Waals surface area (Å²) >= 11 is 0. The van der Waals surface area contributed by atoms with Crippen LogP contribution >= 0.6 is 0 Å². The van der Waals surface area contributed by atoms with Gasteiger partial charge in [-0.3, -0.25) is 4.90 Å². The molecule has 2 nitrogen and oxygen atoms in total. The van der Waals surface area contributed by atoms with Crippen molar-refractivity contribution in [1.29, 1.82) is 0 Å². The highest BCUT2D eigenvalue weighted by Crippen LogP contribution is 2.30. The highest BCUT2D eigenvalue weighted by molar-refractivity contribution is 4.89. The van der Waals surface area contributed by atoms with Crippen LogP contribution in [0.4, 0.5) is 0 Å². The van der Waals surface area contributed by atoms with Crippen molar-refractivity contribution in [3.05, 3.63) is 0 Å². The summed E-state index contributed by atoms with van der Waals surface area (Å²) in [5, 5.41) is 3.79. The summed E-state index contributed by atoms with van der Waals surface area (Å²) in [5.41, 5.74) is 0.473. The van der Waals surface area contributed by atoms with E-state index in [9.17, 15) is 0 Å². The molecule has 2 rings (SSSR count). The number of nitrogens with one attached hydrogen (secondary N) is 1. The molecule has 0 aromatic heterocycles. The van der Waals surface area contributed by atoms with Gasteiger partial charge in [-0.25, -0.2) is 0 Å². The van der Waals surface area contributed by atoms with Gasteiger partial charge in [0.05, 0.1) is 0 Å². The molecule has 1 heterocycles. The summed E-state index contributed by atoms with van der Waals surface area (Å²) in [5.74, 6) is 0. The van der Waals surface area contributed by atoms with Crippen LogP contribution in [0.1, 0.15) is 78.6 Å². The fourth-order valence-electron chi connectivity index (χ4n) is 3.92. The van der Waals surface area contributed by atoms with Gasteiger partial charge in [-0.2, -0.15) is 0 Å². The third kappa shape index (κ3) is 5.04. The maximum absolute atomic E-state index is 3.79. The molecule has 20 heavy (non-hydrogen) atoms. The van der Waals surface area contributed by atoms with E-state index < -0.39 is 0 Å². The van der Waals surface area contributed by atoms with E-state index in [0.29, 0.717) is 5.41 Å². The summed E-state index contributed by atoms with van der Waals surface area (Å²) < 4.78 is 0. The van der Waals surface area contributed by atoms with Crippen LogP contribution in [0.2, 0.25) is 0 Å². The molecule has 1 saturated carbocycles. The minimum absolute atomic E-state index is 0.473. The van der Waals surface area contributed by atoms with E-state index in [1.54, 1.807) is 0 Å². The second-order valence-corrected chi connectivity index (χ2v) is 7.62. The number of piperidine rings is 1. The quantitative estimate of drug-likeness (QED) is 0.681. The van der Waals surface area contributed by atoms with Crippen LogP contribution in [0, 0.1) is 5.41 Å². The van der Waals surface area contributed by atoms with Crippen molar-refractivity contribution in [1.82, 2.24) is 10.2 Å². The molecule has 1 aliphatic carbocycles. The van der Waals surface area contributed by atoms with Gasteiger partial charge in [0.15, 0.2) is 0 Å². The highest BCUT2D eigenvalue weighted by Gasteiger charge is 2.32. The molecule has 2 atom stereocenters. The molecule has 2 aliphatic rings. The monoisotopic (exact) mass is 280 g/mol. The van der Waals surface area contributed by atoms with Crippen LogP contribution in [0.5, 0.6) is 0 Å². The summed E-state index contributed by atoms with van der Waals surface area (Å²) in [7, 11) is 0. The van der Waals surface area contributed by atoms with E-state index in [4.69, 9.17) is 0 Å². The van der Waals surface area contributed by atoms with Crippen molar-refractivity contribution in [3.63, 3.8) is 0 Å². The molecule has 118 valence electrons. The van der Waals surface area contributed by atoms with E-state index in [0.717, 1.165) is 12.1 Å². The van der Waals surface area contributed by atoms with Gasteiger partial charge in [-0.1, -0.05) is 40.0 Å². The van der Waals surface area contributed by atoms with Crippen LogP contribution in [0.3, 0.4) is 0 Å². The Kier molecular flexibility index (Phi) is 6.35. The number of rotatable bonds is 9. The predicted octanol–water partition coefficient (Wildman–Crippen LogP) is 4.20. The average molecular weight is 281 g/mol. The highest BCUT2D eigenvalue weighted by atomic mass is 15.2. The smallest absolute Gasteiger partial charge is 0.00954 e. The fourth-order valence-corrected chi connectivity index (χ4v) is 3.92. The normalized spacial score (nSPS) is 27.4. The molecule has 1 N–H and O–H groups in total. The molecule has 1 aliphatic heterocycles. The van der Waals surface area contributed by atoms with E-state index in [2.05, 4.69) is 31.0 Å². The maximum Gasteiger partial charge on any atom is 0.00954 e. The second kappa shape index (κ2) is 7.79. The third-order valence-electron chi connectivity index (χ3n) is 5.20. The molecule has 2 unspecified atom stereocenters. The largest absolute Gasteiger partial charge is 0.313 e. The van der Waals surface area contributed by atoms with Crippen LogP contribution in [-0.2, 0) is 0 Å². The predicted molar refractivity (Wildman–Crippen MR) is 88.2 cm³/mol. The molecule has 2 fully saturated rings. The Morgan fingerprint density at radius 1 is 1.10 bits per heavy atom. The molecular formula is C18H36N2. The summed E-state index contributed by atoms with van der Waals surface area (Å²) in [6, 6.07) is 1.71. The Bertz CT molecular complexity index is 273. The van der Waals surface area contributed by atoms with Gasteiger partial charge in [-0.05, 0) is 50.5 Å². The topological polar surface area (TPSA) is 15.3 Å². The Morgan fingerprint density at radius 2 is 1.90 bits per heavy atom. The maximum atomic E-state index is 3.79. The van der Waals surface area contributed by atoms with Gasteiger partial charge in [-0.15, -0.1) is 0 Å². The van der Waals surface area contributed by atoms with Crippen LogP contribution < -0.4 is 5.32 Å². The molecule has 0 radical (unpaired) electrons. The molecule has 1 saturated heterocycles. The average Bonchev–Trinajstić information content (AvgIpc) is 3.24. The molecule has 0 aromatic rings. The van der Waals surface area contributed by atoms with E-state index in [1.165, 1.54) is 77.4 Å². The Balaban J connectivity index is 1.89. The summed E-state index contributed by atoms with van der Waals surface area (Å²) in [4.78, 5) is 2.83. The van der Waals surface area contributed by atoms with Crippen molar-refractivity contribution in [3.8, 4) is 0 Å². The van der Waals surface area contributed by atoms with Crippen molar-refractivity contribution in [2.24, 2.45) is 5.41 Å². The number of nitrogens with zero attached hydrogens (tertiary/aromatic N) is 1. The minimum Gasteiger partial charge on any atom is -0.313 e. The first-order valence-corrected chi connectivity index (χ1v) is 9.14. The number of hydrogen-bond acceptors (Lipinski definition) is 2. The lowest BCUT2D eigenvalue weighted by atomic mass is 9.83. The molecule has 2 heteroatoms. The zero-order valence-corrected chi connectivity index (χ0v) is 14.1. The molecule has 0 aromatic carbocycles. The zero-order valence-electron chi connectivity index (χ0n) is 14.1. The fraction of sp³-hybridized carbons (Fsp3) is 1.00. The van der Waals surface area contributed by atoms with Crippen LogP contribution in [0.25, 0.3) is 0 Å². The van der Waals surface area contributed by atoms with E-state index >= 15 is 0 Å². The third-order valence-corrected chi connectivity index (χ3v) is 5.20. The van der Waals surface area contributed by atoms with Crippen molar-refractivity contribution >= 4 is 0 Å². The lowest BCUT2D eigenvalue weighted by Gasteiger charge is -2.42. The Morgan fingerprint density at radius 3 is 2.55 bits per heavy atom. The zero-order chi connectivity index (χ0) is 14.4. The number of hydrogen-bond donors (Lipinski definition) is 1. The second-order valence-electron chi connectivity index (χ2n) is 7.62. The van der Waals surface area contributed by atoms with E-state index in [-0.39, 0.29) is 0 Å². The Labute approximate surface area is 126 Å². The first-order valence-electron chi connectivity index (χ1n) is 9.14. The SMILES string of the molecule is CCCC1CCCCN1CC(C)(CCC)CNC1CC1. The van der Waals surface area contributed by atoms with Crippen molar-refractivity contribution in [2.75, 3.05) is 19.6 Å². The molecule has 0 amide bonds. The lowest BCUT2D eigenvalue weighted by Crippen LogP contribution is -2.48. The number of likely N-dealkylation sites (tertiary alicyclic amines) is 1. The summed E-state index contributed by atoms with van der Waals surface area (Å²) in [6.45, 7) is 11.1. The lowest BCUT2D eigenvalue weighted by molar-refractivity contribution is 0.0769. The van der Waals surface area contributed by atoms with Gasteiger partial charge >= 0.3 is 0 Å². The van der Waals surface area contributed by atoms with Gasteiger partial charge in [0.2, 0.25) is 0 Å².